The number of hydrogen-bond donors (Lipinski definition) is 2. The third kappa shape index (κ3) is 5.51. The Hall–Kier alpha value is -1.06. The van der Waals surface area contributed by atoms with Crippen molar-refractivity contribution in [1.29, 1.82) is 0 Å². The lowest BCUT2D eigenvalue weighted by molar-refractivity contribution is -0.126. The Morgan fingerprint density at radius 3 is 2.30 bits per heavy atom. The molecular weight excluding hydrogens is 272 g/mol. The molecule has 0 bridgehead atoms. The van der Waals surface area contributed by atoms with E-state index in [0.29, 0.717) is 11.6 Å². The van der Waals surface area contributed by atoms with E-state index in [0.717, 1.165) is 12.0 Å². The number of carbonyl (C=O) groups is 1. The lowest BCUT2D eigenvalue weighted by Gasteiger charge is -2.26. The van der Waals surface area contributed by atoms with E-state index < -0.39 is 0 Å². The van der Waals surface area contributed by atoms with E-state index in [-0.39, 0.29) is 23.3 Å². The maximum absolute atomic E-state index is 12.3. The second-order valence-corrected chi connectivity index (χ2v) is 6.92. The van der Waals surface area contributed by atoms with Gasteiger partial charge in [-0.2, -0.15) is 0 Å². The highest BCUT2D eigenvalue weighted by Crippen LogP contribution is 2.25. The Bertz CT molecular complexity index is 437. The van der Waals surface area contributed by atoms with Crippen molar-refractivity contribution in [2.45, 2.75) is 40.2 Å². The highest BCUT2D eigenvalue weighted by atomic mass is 35.5. The Balaban J connectivity index is 2.66. The third-order valence-corrected chi connectivity index (χ3v) is 3.49. The van der Waals surface area contributed by atoms with Gasteiger partial charge in [-0.05, 0) is 36.5 Å². The van der Waals surface area contributed by atoms with E-state index in [4.69, 9.17) is 17.3 Å². The summed E-state index contributed by atoms with van der Waals surface area (Å²) in [6.45, 7) is 8.69. The monoisotopic (exact) mass is 296 g/mol. The number of nitrogens with one attached hydrogen (secondary N) is 1. The topological polar surface area (TPSA) is 55.1 Å². The van der Waals surface area contributed by atoms with Crippen LogP contribution in [-0.4, -0.2) is 12.5 Å². The molecule has 3 nitrogen and oxygen atoms in total. The molecule has 1 amide bonds. The molecule has 1 unspecified atom stereocenters. The van der Waals surface area contributed by atoms with Crippen LogP contribution >= 0.6 is 11.6 Å². The molecule has 20 heavy (non-hydrogen) atoms. The van der Waals surface area contributed by atoms with Crippen LogP contribution in [0.3, 0.4) is 0 Å². The molecule has 3 N–H and O–H groups in total. The molecule has 1 aromatic carbocycles. The molecule has 1 rings (SSSR count). The van der Waals surface area contributed by atoms with Crippen LogP contribution in [0.25, 0.3) is 0 Å². The van der Waals surface area contributed by atoms with Crippen LogP contribution in [-0.2, 0) is 4.79 Å². The molecule has 0 saturated carbocycles. The first-order valence-corrected chi connectivity index (χ1v) is 7.36. The zero-order chi connectivity index (χ0) is 15.3. The number of rotatable bonds is 5. The predicted molar refractivity (Wildman–Crippen MR) is 84.6 cm³/mol. The summed E-state index contributed by atoms with van der Waals surface area (Å²) >= 11 is 5.86. The second kappa shape index (κ2) is 7.09. The first-order chi connectivity index (χ1) is 9.23. The fraction of sp³-hybridized carbons (Fsp3) is 0.562. The zero-order valence-electron chi connectivity index (χ0n) is 12.7. The molecule has 0 saturated heterocycles. The molecule has 0 spiro atoms. The number of hydrogen-bond acceptors (Lipinski definition) is 2. The van der Waals surface area contributed by atoms with Gasteiger partial charge in [-0.25, -0.2) is 0 Å². The second-order valence-electron chi connectivity index (χ2n) is 6.48. The van der Waals surface area contributed by atoms with Gasteiger partial charge in [0.2, 0.25) is 5.91 Å². The van der Waals surface area contributed by atoms with Crippen LogP contribution in [0, 0.1) is 11.3 Å². The average molecular weight is 297 g/mol. The summed E-state index contributed by atoms with van der Waals surface area (Å²) in [6, 6.07) is 7.46. The molecule has 0 aromatic heterocycles. The van der Waals surface area contributed by atoms with Crippen molar-refractivity contribution in [2.75, 3.05) is 6.54 Å². The molecule has 1 aromatic rings. The van der Waals surface area contributed by atoms with Crippen LogP contribution in [0.2, 0.25) is 5.02 Å². The minimum atomic E-state index is -0.148. The Morgan fingerprint density at radius 2 is 1.85 bits per heavy atom. The van der Waals surface area contributed by atoms with E-state index in [1.54, 1.807) is 0 Å². The summed E-state index contributed by atoms with van der Waals surface area (Å²) in [4.78, 5) is 12.3. The minimum absolute atomic E-state index is 0.0184. The van der Waals surface area contributed by atoms with Gasteiger partial charge in [0.15, 0.2) is 0 Å². The lowest BCUT2D eigenvalue weighted by Crippen LogP contribution is -2.38. The molecule has 0 aliphatic carbocycles. The van der Waals surface area contributed by atoms with Crippen molar-refractivity contribution in [3.8, 4) is 0 Å². The molecule has 0 radical (unpaired) electrons. The first-order valence-electron chi connectivity index (χ1n) is 6.99. The van der Waals surface area contributed by atoms with Gasteiger partial charge in [-0.1, -0.05) is 44.5 Å². The van der Waals surface area contributed by atoms with Crippen molar-refractivity contribution >= 4 is 17.5 Å². The highest BCUT2D eigenvalue weighted by Gasteiger charge is 2.24. The molecule has 0 fully saturated rings. The Kier molecular flexibility index (Phi) is 6.03. The largest absolute Gasteiger partial charge is 0.349 e. The SMILES string of the molecule is C[C@H](NC(=O)C(CN)CC(C)(C)C)c1ccc(Cl)cc1. The molecule has 0 aliphatic rings. The van der Waals surface area contributed by atoms with Crippen LogP contribution < -0.4 is 11.1 Å². The number of benzene rings is 1. The standard InChI is InChI=1S/C16H25ClN2O/c1-11(12-5-7-14(17)8-6-12)19-15(20)13(10-18)9-16(2,3)4/h5-8,11,13H,9-10,18H2,1-4H3,(H,19,20)/t11-,13?/m0/s1. The number of carbonyl (C=O) groups excluding carboxylic acids is 1. The molecule has 0 heterocycles. The minimum Gasteiger partial charge on any atom is -0.349 e. The van der Waals surface area contributed by atoms with Gasteiger partial charge in [-0.15, -0.1) is 0 Å². The number of halogens is 1. The van der Waals surface area contributed by atoms with Crippen LogP contribution in [0.1, 0.15) is 45.7 Å². The van der Waals surface area contributed by atoms with E-state index in [1.807, 2.05) is 31.2 Å². The Labute approximate surface area is 126 Å². The zero-order valence-corrected chi connectivity index (χ0v) is 13.5. The van der Waals surface area contributed by atoms with Gasteiger partial charge in [0.05, 0.1) is 12.0 Å². The summed E-state index contributed by atoms with van der Waals surface area (Å²) in [5.74, 6) is -0.130. The molecule has 0 aliphatic heterocycles. The summed E-state index contributed by atoms with van der Waals surface area (Å²) in [5, 5.41) is 3.72. The van der Waals surface area contributed by atoms with Gasteiger partial charge in [-0.3, -0.25) is 4.79 Å². The van der Waals surface area contributed by atoms with Crippen LogP contribution in [0.15, 0.2) is 24.3 Å². The maximum Gasteiger partial charge on any atom is 0.224 e. The average Bonchev–Trinajstić information content (AvgIpc) is 2.35. The predicted octanol–water partition coefficient (Wildman–Crippen LogP) is 3.53. The van der Waals surface area contributed by atoms with Crippen molar-refractivity contribution in [1.82, 2.24) is 5.32 Å². The van der Waals surface area contributed by atoms with Gasteiger partial charge in [0.25, 0.3) is 0 Å². The fourth-order valence-corrected chi connectivity index (χ4v) is 2.31. The molecule has 2 atom stereocenters. The van der Waals surface area contributed by atoms with E-state index >= 15 is 0 Å². The first kappa shape index (κ1) is 17.0. The maximum atomic E-state index is 12.3. The van der Waals surface area contributed by atoms with Gasteiger partial charge < -0.3 is 11.1 Å². The van der Waals surface area contributed by atoms with E-state index in [1.165, 1.54) is 0 Å². The van der Waals surface area contributed by atoms with Crippen molar-refractivity contribution in [3.63, 3.8) is 0 Å². The number of amides is 1. The Morgan fingerprint density at radius 1 is 1.30 bits per heavy atom. The lowest BCUT2D eigenvalue weighted by atomic mass is 9.84. The summed E-state index contributed by atoms with van der Waals surface area (Å²) in [7, 11) is 0. The van der Waals surface area contributed by atoms with Crippen molar-refractivity contribution < 1.29 is 4.79 Å². The fourth-order valence-electron chi connectivity index (χ4n) is 2.19. The molecule has 112 valence electrons. The third-order valence-electron chi connectivity index (χ3n) is 3.24. The van der Waals surface area contributed by atoms with Gasteiger partial charge >= 0.3 is 0 Å². The normalized spacial score (nSPS) is 14.7. The van der Waals surface area contributed by atoms with E-state index in [2.05, 4.69) is 26.1 Å². The van der Waals surface area contributed by atoms with Gasteiger partial charge in [0, 0.05) is 11.6 Å². The smallest absolute Gasteiger partial charge is 0.224 e. The quantitative estimate of drug-likeness (QED) is 0.873. The van der Waals surface area contributed by atoms with Crippen LogP contribution in [0.5, 0.6) is 0 Å². The van der Waals surface area contributed by atoms with Crippen molar-refractivity contribution in [3.05, 3.63) is 34.9 Å². The summed E-state index contributed by atoms with van der Waals surface area (Å²) in [5.41, 5.74) is 6.86. The van der Waals surface area contributed by atoms with E-state index in [9.17, 15) is 4.79 Å². The van der Waals surface area contributed by atoms with Crippen molar-refractivity contribution in [2.24, 2.45) is 17.1 Å². The molecular formula is C16H25ClN2O. The number of nitrogens with two attached hydrogens (primary N) is 1. The summed E-state index contributed by atoms with van der Waals surface area (Å²) in [6.07, 6.45) is 0.780. The highest BCUT2D eigenvalue weighted by molar-refractivity contribution is 6.30. The van der Waals surface area contributed by atoms with Crippen LogP contribution in [0.4, 0.5) is 0 Å². The molecule has 4 heteroatoms. The summed E-state index contributed by atoms with van der Waals surface area (Å²) < 4.78 is 0. The van der Waals surface area contributed by atoms with Gasteiger partial charge in [0.1, 0.15) is 0 Å².